The van der Waals surface area contributed by atoms with Crippen LogP contribution in [0.1, 0.15) is 33.5 Å². The average Bonchev–Trinajstić information content (AvgIpc) is 3.27. The van der Waals surface area contributed by atoms with E-state index < -0.39 is 5.91 Å². The van der Waals surface area contributed by atoms with Gasteiger partial charge < -0.3 is 14.9 Å². The minimum Gasteiger partial charge on any atom is -0.462 e. The van der Waals surface area contributed by atoms with Gasteiger partial charge in [-0.3, -0.25) is 9.48 Å². The zero-order valence-electron chi connectivity index (χ0n) is 14.9. The summed E-state index contributed by atoms with van der Waals surface area (Å²) < 4.78 is 12.1. The number of furan rings is 1. The molecule has 0 fully saturated rings. The number of esters is 1. The van der Waals surface area contributed by atoms with E-state index in [0.29, 0.717) is 29.4 Å². The Labute approximate surface area is 155 Å². The molecule has 3 aromatic rings. The van der Waals surface area contributed by atoms with Crippen LogP contribution in [-0.2, 0) is 11.8 Å². The highest BCUT2D eigenvalue weighted by Crippen LogP contribution is 2.23. The molecular weight excluding hydrogens is 348 g/mol. The number of nitrogens with two attached hydrogens (primary N) is 1. The van der Waals surface area contributed by atoms with E-state index in [1.54, 1.807) is 50.4 Å². The van der Waals surface area contributed by atoms with Crippen LogP contribution >= 0.6 is 0 Å². The highest BCUT2D eigenvalue weighted by molar-refractivity contribution is 5.97. The number of primary amides is 1. The molecule has 138 valence electrons. The van der Waals surface area contributed by atoms with E-state index in [-0.39, 0.29) is 11.7 Å². The van der Waals surface area contributed by atoms with E-state index in [9.17, 15) is 9.59 Å². The molecule has 0 radical (unpaired) electrons. The molecule has 1 aromatic carbocycles. The molecule has 2 heterocycles. The monoisotopic (exact) mass is 366 g/mol. The summed E-state index contributed by atoms with van der Waals surface area (Å²) in [6.07, 6.45) is 2.94. The summed E-state index contributed by atoms with van der Waals surface area (Å²) in [7, 11) is 1.62. The van der Waals surface area contributed by atoms with Gasteiger partial charge in [0.2, 0.25) is 0 Å². The number of hydrogen-bond acceptors (Lipinski definition) is 6. The van der Waals surface area contributed by atoms with Crippen LogP contribution < -0.4 is 5.73 Å². The number of hydrogen-bond donors (Lipinski definition) is 1. The number of benzene rings is 1. The number of carbonyl (C=O) groups is 2. The summed E-state index contributed by atoms with van der Waals surface area (Å²) in [4.78, 5) is 27.4. The van der Waals surface area contributed by atoms with Crippen molar-refractivity contribution in [1.29, 1.82) is 0 Å². The lowest BCUT2D eigenvalue weighted by Crippen LogP contribution is -2.15. The van der Waals surface area contributed by atoms with Crippen molar-refractivity contribution in [2.45, 2.75) is 6.92 Å². The van der Waals surface area contributed by atoms with Crippen LogP contribution in [0.15, 0.2) is 52.0 Å². The molecule has 2 N–H and O–H groups in total. The molecule has 0 unspecified atom stereocenters. The Bertz CT molecular complexity index is 999. The van der Waals surface area contributed by atoms with Crippen molar-refractivity contribution >= 4 is 23.8 Å². The molecule has 2 aromatic heterocycles. The first kappa shape index (κ1) is 18.1. The van der Waals surface area contributed by atoms with Gasteiger partial charge in [-0.25, -0.2) is 9.79 Å². The number of aryl methyl sites for hydroxylation is 1. The largest absolute Gasteiger partial charge is 0.462 e. The molecule has 0 bridgehead atoms. The Morgan fingerprint density at radius 3 is 2.67 bits per heavy atom. The van der Waals surface area contributed by atoms with Gasteiger partial charge in [0.05, 0.1) is 24.6 Å². The number of aliphatic imine (C=N–C) groups is 1. The molecule has 3 rings (SSSR count). The SMILES string of the molecule is CCOC(=O)c1ccc(-c2ccc(C=Nc3cnn(C)c3C(N)=O)o2)cc1. The molecule has 0 aliphatic rings. The molecular formula is C19H18N4O4. The lowest BCUT2D eigenvalue weighted by molar-refractivity contribution is 0.0526. The maximum absolute atomic E-state index is 11.7. The predicted octanol–water partition coefficient (Wildman–Crippen LogP) is 2.71. The van der Waals surface area contributed by atoms with E-state index in [2.05, 4.69) is 10.1 Å². The Morgan fingerprint density at radius 1 is 1.26 bits per heavy atom. The average molecular weight is 366 g/mol. The molecule has 0 aliphatic heterocycles. The van der Waals surface area contributed by atoms with Crippen LogP contribution in [-0.4, -0.2) is 34.5 Å². The maximum Gasteiger partial charge on any atom is 0.338 e. The number of carbonyl (C=O) groups excluding carboxylic acids is 2. The lowest BCUT2D eigenvalue weighted by Gasteiger charge is -2.02. The summed E-state index contributed by atoms with van der Waals surface area (Å²) in [5.74, 6) is 0.147. The van der Waals surface area contributed by atoms with Crippen molar-refractivity contribution in [1.82, 2.24) is 9.78 Å². The van der Waals surface area contributed by atoms with Crippen LogP contribution in [0.5, 0.6) is 0 Å². The minimum absolute atomic E-state index is 0.215. The van der Waals surface area contributed by atoms with Crippen molar-refractivity contribution in [2.75, 3.05) is 6.61 Å². The summed E-state index contributed by atoms with van der Waals surface area (Å²) in [5.41, 5.74) is 7.19. The van der Waals surface area contributed by atoms with Crippen LogP contribution in [0.3, 0.4) is 0 Å². The van der Waals surface area contributed by atoms with E-state index in [4.69, 9.17) is 14.9 Å². The number of aromatic nitrogens is 2. The van der Waals surface area contributed by atoms with Crippen LogP contribution in [0, 0.1) is 0 Å². The van der Waals surface area contributed by atoms with Gasteiger partial charge in [-0.15, -0.1) is 0 Å². The molecule has 0 saturated carbocycles. The zero-order valence-corrected chi connectivity index (χ0v) is 14.9. The summed E-state index contributed by atoms with van der Waals surface area (Å²) in [5, 5.41) is 3.97. The van der Waals surface area contributed by atoms with E-state index in [0.717, 1.165) is 5.56 Å². The first-order valence-electron chi connectivity index (χ1n) is 8.23. The third-order valence-electron chi connectivity index (χ3n) is 3.79. The van der Waals surface area contributed by atoms with Crippen molar-refractivity contribution in [3.8, 4) is 11.3 Å². The highest BCUT2D eigenvalue weighted by atomic mass is 16.5. The van der Waals surface area contributed by atoms with Gasteiger partial charge >= 0.3 is 5.97 Å². The summed E-state index contributed by atoms with van der Waals surface area (Å²) in [6.45, 7) is 2.09. The smallest absolute Gasteiger partial charge is 0.338 e. The van der Waals surface area contributed by atoms with Crippen LogP contribution in [0.25, 0.3) is 11.3 Å². The van der Waals surface area contributed by atoms with Crippen LogP contribution in [0.4, 0.5) is 5.69 Å². The normalized spacial score (nSPS) is 11.0. The third-order valence-corrected chi connectivity index (χ3v) is 3.79. The molecule has 8 heteroatoms. The van der Waals surface area contributed by atoms with Gasteiger partial charge in [-0.1, -0.05) is 12.1 Å². The first-order valence-corrected chi connectivity index (χ1v) is 8.23. The second kappa shape index (κ2) is 7.69. The van der Waals surface area contributed by atoms with E-state index >= 15 is 0 Å². The number of nitrogens with zero attached hydrogens (tertiary/aromatic N) is 3. The molecule has 8 nitrogen and oxygen atoms in total. The van der Waals surface area contributed by atoms with Gasteiger partial charge in [0.25, 0.3) is 5.91 Å². The number of ether oxygens (including phenoxy) is 1. The quantitative estimate of drug-likeness (QED) is 0.532. The van der Waals surface area contributed by atoms with Gasteiger partial charge in [0, 0.05) is 12.6 Å². The summed E-state index contributed by atoms with van der Waals surface area (Å²) in [6, 6.07) is 10.4. The third kappa shape index (κ3) is 3.95. The Hall–Kier alpha value is -3.68. The van der Waals surface area contributed by atoms with E-state index in [1.165, 1.54) is 17.1 Å². The van der Waals surface area contributed by atoms with Gasteiger partial charge in [0.1, 0.15) is 17.2 Å². The molecule has 27 heavy (non-hydrogen) atoms. The standard InChI is InChI=1S/C19H18N4O4/c1-3-26-19(25)13-6-4-12(5-7-13)16-9-8-14(27-16)10-21-15-11-22-23(2)17(15)18(20)24/h4-11H,3H2,1-2H3,(H2,20,24). The number of amides is 1. The van der Waals surface area contributed by atoms with Gasteiger partial charge in [-0.2, -0.15) is 5.10 Å². The minimum atomic E-state index is -0.607. The highest BCUT2D eigenvalue weighted by Gasteiger charge is 2.13. The topological polar surface area (TPSA) is 113 Å². The van der Waals surface area contributed by atoms with Crippen molar-refractivity contribution < 1.29 is 18.7 Å². The fourth-order valence-corrected chi connectivity index (χ4v) is 2.50. The predicted molar refractivity (Wildman–Crippen MR) is 99.1 cm³/mol. The maximum atomic E-state index is 11.7. The second-order valence-corrected chi connectivity index (χ2v) is 5.62. The Balaban J connectivity index is 1.77. The Kier molecular flexibility index (Phi) is 5.16. The molecule has 0 atom stereocenters. The first-order chi connectivity index (χ1) is 13.0. The van der Waals surface area contributed by atoms with Crippen molar-refractivity contribution in [2.24, 2.45) is 17.8 Å². The number of rotatable bonds is 6. The fourth-order valence-electron chi connectivity index (χ4n) is 2.50. The molecule has 1 amide bonds. The van der Waals surface area contributed by atoms with Crippen LogP contribution in [0.2, 0.25) is 0 Å². The Morgan fingerprint density at radius 2 is 2.00 bits per heavy atom. The van der Waals surface area contributed by atoms with Gasteiger partial charge in [-0.05, 0) is 31.2 Å². The van der Waals surface area contributed by atoms with Gasteiger partial charge in [0.15, 0.2) is 5.69 Å². The van der Waals surface area contributed by atoms with Crippen molar-refractivity contribution in [3.63, 3.8) is 0 Å². The summed E-state index contributed by atoms with van der Waals surface area (Å²) >= 11 is 0. The lowest BCUT2D eigenvalue weighted by atomic mass is 10.1. The molecule has 0 saturated heterocycles. The zero-order chi connectivity index (χ0) is 19.4. The fraction of sp³-hybridized carbons (Fsp3) is 0.158. The van der Waals surface area contributed by atoms with E-state index in [1.807, 2.05) is 0 Å². The molecule has 0 spiro atoms. The molecule has 0 aliphatic carbocycles. The second-order valence-electron chi connectivity index (χ2n) is 5.62. The van der Waals surface area contributed by atoms with Crippen molar-refractivity contribution in [3.05, 3.63) is 59.6 Å².